The van der Waals surface area contributed by atoms with Gasteiger partial charge in [0.1, 0.15) is 11.6 Å². The lowest BCUT2D eigenvalue weighted by Gasteiger charge is -2.41. The van der Waals surface area contributed by atoms with Crippen LogP contribution in [0, 0.1) is 12.3 Å². The highest BCUT2D eigenvalue weighted by Gasteiger charge is 2.38. The SMILES string of the molecule is CCCc1cnc(C)nc1N1CCC[C@@]2(CCNC2)C1. The van der Waals surface area contributed by atoms with Crippen molar-refractivity contribution >= 4 is 5.82 Å². The Bertz CT molecular complexity index is 466. The summed E-state index contributed by atoms with van der Waals surface area (Å²) < 4.78 is 0. The molecule has 2 saturated heterocycles. The molecule has 3 heterocycles. The Morgan fingerprint density at radius 3 is 3.05 bits per heavy atom. The average Bonchev–Trinajstić information content (AvgIpc) is 2.89. The van der Waals surface area contributed by atoms with Crippen molar-refractivity contribution in [1.82, 2.24) is 15.3 Å². The van der Waals surface area contributed by atoms with Gasteiger partial charge in [-0.05, 0) is 39.2 Å². The molecule has 4 nitrogen and oxygen atoms in total. The van der Waals surface area contributed by atoms with E-state index in [0.29, 0.717) is 5.41 Å². The number of nitrogens with zero attached hydrogens (tertiary/aromatic N) is 3. The van der Waals surface area contributed by atoms with Gasteiger partial charge in [-0.3, -0.25) is 0 Å². The smallest absolute Gasteiger partial charge is 0.135 e. The van der Waals surface area contributed by atoms with E-state index in [2.05, 4.69) is 22.1 Å². The molecule has 20 heavy (non-hydrogen) atoms. The van der Waals surface area contributed by atoms with E-state index in [4.69, 9.17) is 4.98 Å². The van der Waals surface area contributed by atoms with Gasteiger partial charge in [0.25, 0.3) is 0 Å². The summed E-state index contributed by atoms with van der Waals surface area (Å²) in [7, 11) is 0. The van der Waals surface area contributed by atoms with Crippen LogP contribution < -0.4 is 10.2 Å². The van der Waals surface area contributed by atoms with E-state index in [1.54, 1.807) is 0 Å². The lowest BCUT2D eigenvalue weighted by Crippen LogP contribution is -2.45. The predicted octanol–water partition coefficient (Wildman–Crippen LogP) is 2.32. The summed E-state index contributed by atoms with van der Waals surface area (Å²) in [5.41, 5.74) is 1.81. The fourth-order valence-corrected chi connectivity index (χ4v) is 3.74. The van der Waals surface area contributed by atoms with E-state index in [-0.39, 0.29) is 0 Å². The van der Waals surface area contributed by atoms with Gasteiger partial charge in [-0.25, -0.2) is 9.97 Å². The van der Waals surface area contributed by atoms with Crippen LogP contribution in [-0.4, -0.2) is 36.1 Å². The Morgan fingerprint density at radius 1 is 1.40 bits per heavy atom. The van der Waals surface area contributed by atoms with E-state index >= 15 is 0 Å². The number of hydrogen-bond donors (Lipinski definition) is 1. The molecule has 1 aromatic rings. The molecule has 2 aliphatic heterocycles. The third kappa shape index (κ3) is 2.66. The third-order valence-corrected chi connectivity index (χ3v) is 4.77. The molecule has 0 aromatic carbocycles. The second-order valence-electron chi connectivity index (χ2n) is 6.47. The summed E-state index contributed by atoms with van der Waals surface area (Å²) >= 11 is 0. The van der Waals surface area contributed by atoms with Gasteiger partial charge in [-0.15, -0.1) is 0 Å². The number of anilines is 1. The van der Waals surface area contributed by atoms with E-state index in [9.17, 15) is 0 Å². The molecule has 0 radical (unpaired) electrons. The second-order valence-corrected chi connectivity index (χ2v) is 6.47. The van der Waals surface area contributed by atoms with Crippen molar-refractivity contribution in [3.05, 3.63) is 17.6 Å². The maximum atomic E-state index is 4.76. The molecule has 0 bridgehead atoms. The summed E-state index contributed by atoms with van der Waals surface area (Å²) in [5.74, 6) is 2.09. The second kappa shape index (κ2) is 5.68. The molecular formula is C16H26N4. The Balaban J connectivity index is 1.85. The van der Waals surface area contributed by atoms with Crippen molar-refractivity contribution in [2.45, 2.75) is 46.0 Å². The lowest BCUT2D eigenvalue weighted by atomic mass is 9.79. The molecule has 1 spiro atoms. The zero-order valence-corrected chi connectivity index (χ0v) is 12.8. The molecule has 2 fully saturated rings. The summed E-state index contributed by atoms with van der Waals surface area (Å²) in [6, 6.07) is 0. The zero-order chi connectivity index (χ0) is 14.0. The molecule has 4 heteroatoms. The molecule has 3 rings (SSSR count). The van der Waals surface area contributed by atoms with E-state index in [1.165, 1.54) is 43.7 Å². The summed E-state index contributed by atoms with van der Waals surface area (Å²) in [6.45, 7) is 8.88. The van der Waals surface area contributed by atoms with Crippen LogP contribution in [0.25, 0.3) is 0 Å². The van der Waals surface area contributed by atoms with Gasteiger partial charge in [0.05, 0.1) is 0 Å². The quantitative estimate of drug-likeness (QED) is 0.918. The minimum atomic E-state index is 0.487. The highest BCUT2D eigenvalue weighted by Crippen LogP contribution is 2.37. The van der Waals surface area contributed by atoms with Gasteiger partial charge in [0, 0.05) is 36.8 Å². The zero-order valence-electron chi connectivity index (χ0n) is 12.8. The minimum absolute atomic E-state index is 0.487. The summed E-state index contributed by atoms with van der Waals surface area (Å²) in [4.78, 5) is 11.7. The van der Waals surface area contributed by atoms with Gasteiger partial charge in [0.2, 0.25) is 0 Å². The lowest BCUT2D eigenvalue weighted by molar-refractivity contribution is 0.259. The molecule has 1 N–H and O–H groups in total. The van der Waals surface area contributed by atoms with Crippen LogP contribution in [-0.2, 0) is 6.42 Å². The number of rotatable bonds is 3. The third-order valence-electron chi connectivity index (χ3n) is 4.77. The maximum Gasteiger partial charge on any atom is 0.135 e. The monoisotopic (exact) mass is 274 g/mol. The van der Waals surface area contributed by atoms with Crippen molar-refractivity contribution in [3.8, 4) is 0 Å². The molecule has 0 aliphatic carbocycles. The van der Waals surface area contributed by atoms with Crippen LogP contribution in [0.1, 0.15) is 44.0 Å². The van der Waals surface area contributed by atoms with E-state index in [0.717, 1.165) is 31.8 Å². The van der Waals surface area contributed by atoms with Crippen LogP contribution in [0.15, 0.2) is 6.20 Å². The first-order chi connectivity index (χ1) is 9.72. The first-order valence-corrected chi connectivity index (χ1v) is 8.01. The molecular weight excluding hydrogens is 248 g/mol. The average molecular weight is 274 g/mol. The molecule has 1 atom stereocenters. The van der Waals surface area contributed by atoms with E-state index in [1.807, 2.05) is 13.1 Å². The first-order valence-electron chi connectivity index (χ1n) is 8.01. The molecule has 0 amide bonds. The maximum absolute atomic E-state index is 4.76. The van der Waals surface area contributed by atoms with Crippen molar-refractivity contribution in [3.63, 3.8) is 0 Å². The number of piperidine rings is 1. The van der Waals surface area contributed by atoms with Crippen LogP contribution >= 0.6 is 0 Å². The number of aromatic nitrogens is 2. The Hall–Kier alpha value is -1.16. The van der Waals surface area contributed by atoms with Crippen LogP contribution in [0.3, 0.4) is 0 Å². The van der Waals surface area contributed by atoms with Crippen molar-refractivity contribution < 1.29 is 0 Å². The molecule has 1 aromatic heterocycles. The summed E-state index contributed by atoms with van der Waals surface area (Å²) in [5, 5.41) is 3.55. The van der Waals surface area contributed by atoms with Crippen LogP contribution in [0.2, 0.25) is 0 Å². The largest absolute Gasteiger partial charge is 0.356 e. The Morgan fingerprint density at radius 2 is 2.30 bits per heavy atom. The normalized spacial score (nSPS) is 26.4. The van der Waals surface area contributed by atoms with Crippen molar-refractivity contribution in [2.24, 2.45) is 5.41 Å². The first kappa shape index (κ1) is 13.8. The number of aryl methyl sites for hydroxylation is 2. The molecule has 0 unspecified atom stereocenters. The van der Waals surface area contributed by atoms with Gasteiger partial charge in [-0.1, -0.05) is 13.3 Å². The Kier molecular flexibility index (Phi) is 3.92. The van der Waals surface area contributed by atoms with E-state index < -0.39 is 0 Å². The predicted molar refractivity (Wildman–Crippen MR) is 82.1 cm³/mol. The number of nitrogens with one attached hydrogen (secondary N) is 1. The standard InChI is InChI=1S/C16H26N4/c1-3-5-14-10-18-13(2)19-15(14)20-9-4-6-16(12-20)7-8-17-11-16/h10,17H,3-9,11-12H2,1-2H3/t16-/m0/s1. The molecule has 0 saturated carbocycles. The highest BCUT2D eigenvalue weighted by molar-refractivity contribution is 5.47. The molecule has 110 valence electrons. The highest BCUT2D eigenvalue weighted by atomic mass is 15.2. The fourth-order valence-electron chi connectivity index (χ4n) is 3.74. The molecule has 2 aliphatic rings. The fraction of sp³-hybridized carbons (Fsp3) is 0.750. The van der Waals surface area contributed by atoms with Gasteiger partial charge in [-0.2, -0.15) is 0 Å². The summed E-state index contributed by atoms with van der Waals surface area (Å²) in [6.07, 6.45) is 8.24. The number of hydrogen-bond acceptors (Lipinski definition) is 4. The van der Waals surface area contributed by atoms with Crippen molar-refractivity contribution in [1.29, 1.82) is 0 Å². The topological polar surface area (TPSA) is 41.1 Å². The van der Waals surface area contributed by atoms with Crippen molar-refractivity contribution in [2.75, 3.05) is 31.1 Å². The Labute approximate surface area is 122 Å². The van der Waals surface area contributed by atoms with Crippen LogP contribution in [0.5, 0.6) is 0 Å². The van der Waals surface area contributed by atoms with Gasteiger partial charge >= 0.3 is 0 Å². The van der Waals surface area contributed by atoms with Gasteiger partial charge < -0.3 is 10.2 Å². The minimum Gasteiger partial charge on any atom is -0.356 e. The van der Waals surface area contributed by atoms with Crippen LogP contribution in [0.4, 0.5) is 5.82 Å². The van der Waals surface area contributed by atoms with Gasteiger partial charge in [0.15, 0.2) is 0 Å².